The van der Waals surface area contributed by atoms with Gasteiger partial charge in [-0.15, -0.1) is 0 Å². The Balaban J connectivity index is 2.54. The van der Waals surface area contributed by atoms with Crippen molar-refractivity contribution in [1.29, 1.82) is 0 Å². The molecule has 0 unspecified atom stereocenters. The summed E-state index contributed by atoms with van der Waals surface area (Å²) in [5.74, 6) is 0.0187. The molecule has 17 heavy (non-hydrogen) atoms. The van der Waals surface area contributed by atoms with Gasteiger partial charge in [-0.1, -0.05) is 6.07 Å². The van der Waals surface area contributed by atoms with Crippen molar-refractivity contribution in [2.45, 2.75) is 34.1 Å². The number of rotatable bonds is 5. The zero-order valence-corrected chi connectivity index (χ0v) is 10.9. The van der Waals surface area contributed by atoms with Crippen LogP contribution in [-0.2, 0) is 4.79 Å². The van der Waals surface area contributed by atoms with Crippen LogP contribution < -0.4 is 4.74 Å². The van der Waals surface area contributed by atoms with E-state index < -0.39 is 11.4 Å². The first kappa shape index (κ1) is 13.6. The lowest BCUT2D eigenvalue weighted by Crippen LogP contribution is -2.25. The van der Waals surface area contributed by atoms with E-state index in [1.165, 1.54) is 0 Å². The minimum Gasteiger partial charge on any atom is -0.494 e. The van der Waals surface area contributed by atoms with E-state index in [9.17, 15) is 4.79 Å². The van der Waals surface area contributed by atoms with E-state index in [2.05, 4.69) is 6.07 Å². The fourth-order valence-corrected chi connectivity index (χ4v) is 1.55. The molecular weight excluding hydrogens is 216 g/mol. The average Bonchev–Trinajstić information content (AvgIpc) is 2.15. The summed E-state index contributed by atoms with van der Waals surface area (Å²) >= 11 is 0. The number of aryl methyl sites for hydroxylation is 2. The van der Waals surface area contributed by atoms with Crippen LogP contribution in [0.3, 0.4) is 0 Å². The highest BCUT2D eigenvalue weighted by Gasteiger charge is 2.26. The van der Waals surface area contributed by atoms with Gasteiger partial charge < -0.3 is 9.84 Å². The molecule has 0 fully saturated rings. The van der Waals surface area contributed by atoms with Crippen LogP contribution in [0.2, 0.25) is 0 Å². The molecule has 0 saturated carbocycles. The van der Waals surface area contributed by atoms with Gasteiger partial charge >= 0.3 is 5.97 Å². The summed E-state index contributed by atoms with van der Waals surface area (Å²) in [6.07, 6.45) is 0.495. The summed E-state index contributed by atoms with van der Waals surface area (Å²) in [5, 5.41) is 8.97. The molecule has 0 radical (unpaired) electrons. The zero-order chi connectivity index (χ0) is 13.1. The normalized spacial score (nSPS) is 11.3. The number of carboxylic acids is 1. The molecule has 0 aliphatic rings. The Labute approximate surface area is 102 Å². The van der Waals surface area contributed by atoms with Crippen LogP contribution >= 0.6 is 0 Å². The number of benzene rings is 1. The second-order valence-corrected chi connectivity index (χ2v) is 5.11. The first-order chi connectivity index (χ1) is 7.81. The van der Waals surface area contributed by atoms with E-state index in [-0.39, 0.29) is 0 Å². The number of hydrogen-bond acceptors (Lipinski definition) is 2. The molecule has 0 atom stereocenters. The van der Waals surface area contributed by atoms with Crippen LogP contribution in [0.5, 0.6) is 5.75 Å². The highest BCUT2D eigenvalue weighted by Crippen LogP contribution is 2.22. The second-order valence-electron chi connectivity index (χ2n) is 5.11. The third-order valence-corrected chi connectivity index (χ3v) is 2.77. The molecule has 1 N–H and O–H groups in total. The van der Waals surface area contributed by atoms with Gasteiger partial charge in [-0.3, -0.25) is 4.79 Å². The van der Waals surface area contributed by atoms with Gasteiger partial charge in [-0.05, 0) is 57.4 Å². The standard InChI is InChI=1S/C14H20O3/c1-10-7-11(2)9-12(8-10)17-6-5-14(3,4)13(15)16/h7-9H,5-6H2,1-4H3,(H,15,16). The highest BCUT2D eigenvalue weighted by molar-refractivity contribution is 5.73. The molecule has 0 spiro atoms. The second kappa shape index (κ2) is 5.21. The fourth-order valence-electron chi connectivity index (χ4n) is 1.55. The van der Waals surface area contributed by atoms with Gasteiger partial charge in [0.25, 0.3) is 0 Å². The van der Waals surface area contributed by atoms with E-state index >= 15 is 0 Å². The lowest BCUT2D eigenvalue weighted by atomic mass is 9.90. The Bertz CT molecular complexity index is 388. The smallest absolute Gasteiger partial charge is 0.309 e. The van der Waals surface area contributed by atoms with Crippen LogP contribution in [0.4, 0.5) is 0 Å². The van der Waals surface area contributed by atoms with Crippen LogP contribution in [-0.4, -0.2) is 17.7 Å². The van der Waals surface area contributed by atoms with Crippen molar-refractivity contribution in [3.63, 3.8) is 0 Å². The molecule has 1 rings (SSSR count). The summed E-state index contributed by atoms with van der Waals surface area (Å²) in [7, 11) is 0. The van der Waals surface area contributed by atoms with Crippen molar-refractivity contribution in [2.75, 3.05) is 6.61 Å². The van der Waals surface area contributed by atoms with Gasteiger partial charge in [0.2, 0.25) is 0 Å². The molecule has 0 heterocycles. The molecule has 1 aromatic rings. The lowest BCUT2D eigenvalue weighted by molar-refractivity contribution is -0.147. The maximum Gasteiger partial charge on any atom is 0.309 e. The van der Waals surface area contributed by atoms with Crippen molar-refractivity contribution < 1.29 is 14.6 Å². The van der Waals surface area contributed by atoms with Gasteiger partial charge in [0.05, 0.1) is 12.0 Å². The number of aliphatic carboxylic acids is 1. The largest absolute Gasteiger partial charge is 0.494 e. The molecule has 0 bridgehead atoms. The Hall–Kier alpha value is -1.51. The quantitative estimate of drug-likeness (QED) is 0.854. The van der Waals surface area contributed by atoms with Crippen LogP contribution in [0, 0.1) is 19.3 Å². The van der Waals surface area contributed by atoms with E-state index in [0.29, 0.717) is 13.0 Å². The van der Waals surface area contributed by atoms with Gasteiger partial charge in [-0.25, -0.2) is 0 Å². The molecule has 94 valence electrons. The Morgan fingerprint density at radius 3 is 2.24 bits per heavy atom. The molecule has 0 aliphatic carbocycles. The molecule has 0 aliphatic heterocycles. The summed E-state index contributed by atoms with van der Waals surface area (Å²) < 4.78 is 5.59. The fraction of sp³-hybridized carbons (Fsp3) is 0.500. The molecule has 3 heteroatoms. The first-order valence-corrected chi connectivity index (χ1v) is 5.76. The minimum atomic E-state index is -0.790. The zero-order valence-electron chi connectivity index (χ0n) is 10.9. The first-order valence-electron chi connectivity index (χ1n) is 5.76. The summed E-state index contributed by atoms with van der Waals surface area (Å²) in [4.78, 5) is 10.9. The van der Waals surface area contributed by atoms with E-state index in [0.717, 1.165) is 16.9 Å². The highest BCUT2D eigenvalue weighted by atomic mass is 16.5. The Morgan fingerprint density at radius 1 is 1.24 bits per heavy atom. The van der Waals surface area contributed by atoms with E-state index in [1.807, 2.05) is 26.0 Å². The number of carbonyl (C=O) groups is 1. The number of hydrogen-bond donors (Lipinski definition) is 1. The maximum absolute atomic E-state index is 10.9. The van der Waals surface area contributed by atoms with Crippen molar-refractivity contribution in [2.24, 2.45) is 5.41 Å². The van der Waals surface area contributed by atoms with Crippen molar-refractivity contribution in [3.8, 4) is 5.75 Å². The van der Waals surface area contributed by atoms with Crippen molar-refractivity contribution >= 4 is 5.97 Å². The van der Waals surface area contributed by atoms with Crippen molar-refractivity contribution in [1.82, 2.24) is 0 Å². The SMILES string of the molecule is Cc1cc(C)cc(OCCC(C)(C)C(=O)O)c1. The average molecular weight is 236 g/mol. The van der Waals surface area contributed by atoms with Crippen LogP contribution in [0.15, 0.2) is 18.2 Å². The predicted molar refractivity (Wildman–Crippen MR) is 67.4 cm³/mol. The number of ether oxygens (including phenoxy) is 1. The van der Waals surface area contributed by atoms with Crippen LogP contribution in [0.25, 0.3) is 0 Å². The van der Waals surface area contributed by atoms with Crippen LogP contribution in [0.1, 0.15) is 31.4 Å². The number of carboxylic acid groups (broad SMARTS) is 1. The minimum absolute atomic E-state index is 0.419. The Morgan fingerprint density at radius 2 is 1.76 bits per heavy atom. The maximum atomic E-state index is 10.9. The van der Waals surface area contributed by atoms with Gasteiger partial charge in [0.1, 0.15) is 5.75 Å². The third-order valence-electron chi connectivity index (χ3n) is 2.77. The molecule has 0 aromatic heterocycles. The van der Waals surface area contributed by atoms with Gasteiger partial charge in [0.15, 0.2) is 0 Å². The summed E-state index contributed by atoms with van der Waals surface area (Å²) in [5.41, 5.74) is 1.56. The third kappa shape index (κ3) is 4.10. The Kier molecular flexibility index (Phi) is 4.16. The lowest BCUT2D eigenvalue weighted by Gasteiger charge is -2.19. The summed E-state index contributed by atoms with van der Waals surface area (Å²) in [6.45, 7) is 7.87. The molecule has 0 saturated heterocycles. The molecule has 1 aromatic carbocycles. The molecule has 0 amide bonds. The monoisotopic (exact) mass is 236 g/mol. The topological polar surface area (TPSA) is 46.5 Å². The summed E-state index contributed by atoms with van der Waals surface area (Å²) in [6, 6.07) is 6.00. The molecular formula is C14H20O3. The van der Waals surface area contributed by atoms with E-state index in [1.54, 1.807) is 13.8 Å². The van der Waals surface area contributed by atoms with E-state index in [4.69, 9.17) is 9.84 Å². The predicted octanol–water partition coefficient (Wildman–Crippen LogP) is 3.18. The van der Waals surface area contributed by atoms with Gasteiger partial charge in [-0.2, -0.15) is 0 Å². The molecule has 3 nitrogen and oxygen atoms in total. The van der Waals surface area contributed by atoms with Crippen molar-refractivity contribution in [3.05, 3.63) is 29.3 Å². The van der Waals surface area contributed by atoms with Gasteiger partial charge in [0, 0.05) is 0 Å².